The highest BCUT2D eigenvalue weighted by Gasteiger charge is 2.08. The van der Waals surface area contributed by atoms with Crippen LogP contribution in [-0.4, -0.2) is 19.6 Å². The molecule has 0 spiro atoms. The van der Waals surface area contributed by atoms with Crippen molar-refractivity contribution in [3.63, 3.8) is 0 Å². The molecule has 0 aliphatic carbocycles. The van der Waals surface area contributed by atoms with Gasteiger partial charge < -0.3 is 14.5 Å². The van der Waals surface area contributed by atoms with Crippen molar-refractivity contribution in [2.75, 3.05) is 13.7 Å². The number of carbonyl (C=O) groups excluding carboxylic acids is 1. The third kappa shape index (κ3) is 3.23. The van der Waals surface area contributed by atoms with Gasteiger partial charge in [0.1, 0.15) is 11.5 Å². The second kappa shape index (κ2) is 6.20. The fourth-order valence-electron chi connectivity index (χ4n) is 1.79. The van der Waals surface area contributed by atoms with E-state index in [9.17, 15) is 4.79 Å². The van der Waals surface area contributed by atoms with E-state index in [2.05, 4.69) is 5.32 Å². The molecule has 4 nitrogen and oxygen atoms in total. The van der Waals surface area contributed by atoms with E-state index in [4.69, 9.17) is 9.15 Å². The molecule has 0 saturated carbocycles. The molecule has 1 heterocycles. The molecule has 0 aliphatic rings. The molecule has 0 saturated heterocycles. The van der Waals surface area contributed by atoms with Crippen LogP contribution < -0.4 is 5.32 Å². The SMILES string of the molecule is CCOC(=O)c1ccc(-c2ccc(CNC)o2)cc1. The molecule has 0 amide bonds. The minimum Gasteiger partial charge on any atom is -0.462 e. The number of benzene rings is 1. The Morgan fingerprint density at radius 3 is 2.58 bits per heavy atom. The molecule has 2 rings (SSSR count). The monoisotopic (exact) mass is 259 g/mol. The van der Waals surface area contributed by atoms with Crippen LogP contribution in [0.4, 0.5) is 0 Å². The van der Waals surface area contributed by atoms with Crippen LogP contribution in [0.2, 0.25) is 0 Å². The van der Waals surface area contributed by atoms with Crippen molar-refractivity contribution in [2.45, 2.75) is 13.5 Å². The summed E-state index contributed by atoms with van der Waals surface area (Å²) in [4.78, 5) is 11.5. The number of carbonyl (C=O) groups is 1. The van der Waals surface area contributed by atoms with Crippen LogP contribution in [0.3, 0.4) is 0 Å². The van der Waals surface area contributed by atoms with Crippen LogP contribution in [0, 0.1) is 0 Å². The van der Waals surface area contributed by atoms with Crippen molar-refractivity contribution in [3.8, 4) is 11.3 Å². The van der Waals surface area contributed by atoms with Gasteiger partial charge in [0.2, 0.25) is 0 Å². The Kier molecular flexibility index (Phi) is 4.36. The van der Waals surface area contributed by atoms with Crippen LogP contribution in [0.25, 0.3) is 11.3 Å². The normalized spacial score (nSPS) is 10.4. The molecule has 1 N–H and O–H groups in total. The Morgan fingerprint density at radius 1 is 1.21 bits per heavy atom. The first-order chi connectivity index (χ1) is 9.24. The molecule has 2 aromatic rings. The second-order valence-electron chi connectivity index (χ2n) is 4.09. The highest BCUT2D eigenvalue weighted by Crippen LogP contribution is 2.22. The number of hydrogen-bond acceptors (Lipinski definition) is 4. The summed E-state index contributed by atoms with van der Waals surface area (Å²) in [6.07, 6.45) is 0. The first-order valence-electron chi connectivity index (χ1n) is 6.25. The lowest BCUT2D eigenvalue weighted by atomic mass is 10.1. The molecule has 0 fully saturated rings. The number of ether oxygens (including phenoxy) is 1. The van der Waals surface area contributed by atoms with Crippen molar-refractivity contribution in [3.05, 3.63) is 47.7 Å². The molecule has 1 aromatic carbocycles. The molecule has 100 valence electrons. The summed E-state index contributed by atoms with van der Waals surface area (Å²) in [5.74, 6) is 1.37. The molecule has 0 radical (unpaired) electrons. The second-order valence-corrected chi connectivity index (χ2v) is 4.09. The van der Waals surface area contributed by atoms with Crippen LogP contribution in [0.15, 0.2) is 40.8 Å². The van der Waals surface area contributed by atoms with Gasteiger partial charge >= 0.3 is 5.97 Å². The molecular formula is C15H17NO3. The third-order valence-corrected chi connectivity index (χ3v) is 2.69. The minimum atomic E-state index is -0.302. The van der Waals surface area contributed by atoms with Crippen LogP contribution >= 0.6 is 0 Å². The highest BCUT2D eigenvalue weighted by atomic mass is 16.5. The topological polar surface area (TPSA) is 51.5 Å². The number of hydrogen-bond donors (Lipinski definition) is 1. The quantitative estimate of drug-likeness (QED) is 0.839. The largest absolute Gasteiger partial charge is 0.462 e. The molecular weight excluding hydrogens is 242 g/mol. The van der Waals surface area contributed by atoms with Gasteiger partial charge in [0.15, 0.2) is 0 Å². The van der Waals surface area contributed by atoms with E-state index < -0.39 is 0 Å². The van der Waals surface area contributed by atoms with E-state index in [1.165, 1.54) is 0 Å². The van der Waals surface area contributed by atoms with Gasteiger partial charge in [0.05, 0.1) is 18.7 Å². The summed E-state index contributed by atoms with van der Waals surface area (Å²) < 4.78 is 10.6. The Labute approximate surface area is 112 Å². The first kappa shape index (κ1) is 13.4. The Hall–Kier alpha value is -2.07. The standard InChI is InChI=1S/C15H17NO3/c1-3-18-15(17)12-6-4-11(5-7-12)14-9-8-13(19-14)10-16-2/h4-9,16H,3,10H2,1-2H3. The first-order valence-corrected chi connectivity index (χ1v) is 6.25. The fourth-order valence-corrected chi connectivity index (χ4v) is 1.79. The lowest BCUT2D eigenvalue weighted by Crippen LogP contribution is -2.04. The van der Waals surface area contributed by atoms with Gasteiger partial charge in [-0.15, -0.1) is 0 Å². The van der Waals surface area contributed by atoms with Gasteiger partial charge in [-0.05, 0) is 38.2 Å². The minimum absolute atomic E-state index is 0.302. The summed E-state index contributed by atoms with van der Waals surface area (Å²) in [6.45, 7) is 2.87. The lowest BCUT2D eigenvalue weighted by Gasteiger charge is -2.02. The third-order valence-electron chi connectivity index (χ3n) is 2.69. The number of furan rings is 1. The summed E-state index contributed by atoms with van der Waals surface area (Å²) in [5.41, 5.74) is 1.49. The zero-order valence-corrected chi connectivity index (χ0v) is 11.1. The van der Waals surface area contributed by atoms with Crippen molar-refractivity contribution in [1.82, 2.24) is 5.32 Å². The van der Waals surface area contributed by atoms with Gasteiger partial charge in [-0.3, -0.25) is 0 Å². The number of esters is 1. The van der Waals surface area contributed by atoms with E-state index in [0.29, 0.717) is 18.7 Å². The molecule has 0 aliphatic heterocycles. The van der Waals surface area contributed by atoms with E-state index in [1.54, 1.807) is 19.1 Å². The Morgan fingerprint density at radius 2 is 1.95 bits per heavy atom. The van der Waals surface area contributed by atoms with E-state index in [1.807, 2.05) is 31.3 Å². The summed E-state index contributed by atoms with van der Waals surface area (Å²) in [6, 6.07) is 11.1. The lowest BCUT2D eigenvalue weighted by molar-refractivity contribution is 0.0526. The van der Waals surface area contributed by atoms with Gasteiger partial charge in [0.25, 0.3) is 0 Å². The Balaban J connectivity index is 2.15. The smallest absolute Gasteiger partial charge is 0.338 e. The highest BCUT2D eigenvalue weighted by molar-refractivity contribution is 5.89. The molecule has 0 atom stereocenters. The molecule has 0 bridgehead atoms. The number of nitrogens with one attached hydrogen (secondary N) is 1. The molecule has 0 unspecified atom stereocenters. The maximum atomic E-state index is 11.5. The van der Waals surface area contributed by atoms with Gasteiger partial charge in [0, 0.05) is 5.56 Å². The van der Waals surface area contributed by atoms with Gasteiger partial charge in [-0.1, -0.05) is 12.1 Å². The predicted molar refractivity (Wildman–Crippen MR) is 72.9 cm³/mol. The van der Waals surface area contributed by atoms with Crippen molar-refractivity contribution in [2.24, 2.45) is 0 Å². The van der Waals surface area contributed by atoms with Crippen LogP contribution in [-0.2, 0) is 11.3 Å². The van der Waals surface area contributed by atoms with Crippen LogP contribution in [0.5, 0.6) is 0 Å². The van der Waals surface area contributed by atoms with Crippen molar-refractivity contribution in [1.29, 1.82) is 0 Å². The van der Waals surface area contributed by atoms with Crippen molar-refractivity contribution >= 4 is 5.97 Å². The predicted octanol–water partition coefficient (Wildman–Crippen LogP) is 2.84. The number of rotatable bonds is 5. The fraction of sp³-hybridized carbons (Fsp3) is 0.267. The summed E-state index contributed by atoms with van der Waals surface area (Å²) in [7, 11) is 1.87. The van der Waals surface area contributed by atoms with E-state index in [0.717, 1.165) is 17.1 Å². The average Bonchev–Trinajstić information content (AvgIpc) is 2.88. The summed E-state index contributed by atoms with van der Waals surface area (Å²) >= 11 is 0. The molecule has 1 aromatic heterocycles. The molecule has 19 heavy (non-hydrogen) atoms. The van der Waals surface area contributed by atoms with E-state index in [-0.39, 0.29) is 5.97 Å². The van der Waals surface area contributed by atoms with Gasteiger partial charge in [-0.25, -0.2) is 4.79 Å². The average molecular weight is 259 g/mol. The van der Waals surface area contributed by atoms with E-state index >= 15 is 0 Å². The van der Waals surface area contributed by atoms with Crippen molar-refractivity contribution < 1.29 is 13.9 Å². The zero-order valence-electron chi connectivity index (χ0n) is 11.1. The maximum absolute atomic E-state index is 11.5. The Bertz CT molecular complexity index is 543. The zero-order chi connectivity index (χ0) is 13.7. The maximum Gasteiger partial charge on any atom is 0.338 e. The molecule has 4 heteroatoms. The summed E-state index contributed by atoms with van der Waals surface area (Å²) in [5, 5.41) is 3.03. The van der Waals surface area contributed by atoms with Gasteiger partial charge in [-0.2, -0.15) is 0 Å². The van der Waals surface area contributed by atoms with Crippen LogP contribution in [0.1, 0.15) is 23.0 Å².